The Labute approximate surface area is 214 Å². The van der Waals surface area contributed by atoms with Gasteiger partial charge in [-0.3, -0.25) is 9.89 Å². The number of fused-ring (bicyclic) bond motifs is 3. The number of aromatic amines is 1. The fraction of sp³-hybridized carbons (Fsp3) is 0.370. The molecule has 2 aliphatic rings. The number of carboxylic acids is 1. The third kappa shape index (κ3) is 4.13. The predicted octanol–water partition coefficient (Wildman–Crippen LogP) is 5.34. The first-order chi connectivity index (χ1) is 17.8. The van der Waals surface area contributed by atoms with E-state index in [0.717, 1.165) is 23.3 Å². The number of amides is 1. The van der Waals surface area contributed by atoms with Crippen LogP contribution in [0.2, 0.25) is 0 Å². The number of alkyl halides is 4. The molecule has 11 heteroatoms. The van der Waals surface area contributed by atoms with Crippen molar-refractivity contribution >= 4 is 11.9 Å². The summed E-state index contributed by atoms with van der Waals surface area (Å²) in [6.45, 7) is 0.803. The van der Waals surface area contributed by atoms with Gasteiger partial charge in [-0.25, -0.2) is 13.6 Å². The number of rotatable bonds is 5. The van der Waals surface area contributed by atoms with Gasteiger partial charge < -0.3 is 10.0 Å². The number of aromatic nitrogens is 2. The van der Waals surface area contributed by atoms with Crippen LogP contribution in [0.3, 0.4) is 0 Å². The lowest BCUT2D eigenvalue weighted by atomic mass is 9.63. The SMILES string of the molecule is CC(F)(c1ccc2c(c1)CC[C@H]1N(C(=O)c3cc(C(=O)O)n[nH]3)CC[C@@]21Cc1ccc(F)cc1)C(F)(F)F. The van der Waals surface area contributed by atoms with Crippen molar-refractivity contribution in [1.82, 2.24) is 15.1 Å². The van der Waals surface area contributed by atoms with Crippen LogP contribution in [0, 0.1) is 5.82 Å². The highest BCUT2D eigenvalue weighted by molar-refractivity contribution is 5.96. The Morgan fingerprint density at radius 1 is 1.13 bits per heavy atom. The summed E-state index contributed by atoms with van der Waals surface area (Å²) in [5.74, 6) is -2.14. The van der Waals surface area contributed by atoms with Gasteiger partial charge in [-0.2, -0.15) is 18.3 Å². The van der Waals surface area contributed by atoms with E-state index in [1.165, 1.54) is 24.3 Å². The van der Waals surface area contributed by atoms with Crippen LogP contribution in [-0.2, 0) is 23.9 Å². The number of carbonyl (C=O) groups is 2. The van der Waals surface area contributed by atoms with Crippen LogP contribution in [0.25, 0.3) is 0 Å². The van der Waals surface area contributed by atoms with Crippen LogP contribution in [0.5, 0.6) is 0 Å². The zero-order valence-corrected chi connectivity index (χ0v) is 20.3. The summed E-state index contributed by atoms with van der Waals surface area (Å²) >= 11 is 0. The first-order valence-corrected chi connectivity index (χ1v) is 12.1. The number of aryl methyl sites for hydroxylation is 1. The first kappa shape index (κ1) is 25.9. The van der Waals surface area contributed by atoms with Crippen molar-refractivity contribution in [1.29, 1.82) is 0 Å². The molecule has 1 aliphatic carbocycles. The molecular formula is C27H24F5N3O3. The molecule has 3 atom stereocenters. The molecule has 6 nitrogen and oxygen atoms in total. The zero-order valence-electron chi connectivity index (χ0n) is 20.3. The monoisotopic (exact) mass is 533 g/mol. The van der Waals surface area contributed by atoms with Crippen LogP contribution >= 0.6 is 0 Å². The number of carboxylic acid groups (broad SMARTS) is 1. The van der Waals surface area contributed by atoms with E-state index in [1.54, 1.807) is 17.0 Å². The molecule has 2 aromatic carbocycles. The topological polar surface area (TPSA) is 86.3 Å². The Hall–Kier alpha value is -3.76. The smallest absolute Gasteiger partial charge is 0.426 e. The standard InChI is InChI=1S/C27H24F5N3O3/c1-25(29,27(30,31)32)17-5-8-19-16(12-17)4-9-22-26(19,14-15-2-6-18(28)7-3-15)10-11-35(22)23(36)20-13-21(24(37)38)34-33-20/h2-3,5-8,12-13,22H,4,9-11,14H2,1H3,(H,33,34)(H,37,38)/t22-,25?,26-/m1/s1. The van der Waals surface area contributed by atoms with Crippen LogP contribution in [0.4, 0.5) is 22.0 Å². The fourth-order valence-electron chi connectivity index (χ4n) is 5.93. The molecular weight excluding hydrogens is 509 g/mol. The Morgan fingerprint density at radius 2 is 1.84 bits per heavy atom. The Balaban J connectivity index is 1.57. The average Bonchev–Trinajstić information content (AvgIpc) is 3.50. The van der Waals surface area contributed by atoms with Crippen LogP contribution in [-0.4, -0.2) is 50.8 Å². The largest absolute Gasteiger partial charge is 0.476 e. The molecule has 0 spiro atoms. The lowest BCUT2D eigenvalue weighted by molar-refractivity contribution is -0.228. The van der Waals surface area contributed by atoms with Crippen molar-refractivity contribution in [2.24, 2.45) is 0 Å². The molecule has 0 bridgehead atoms. The highest BCUT2D eigenvalue weighted by Crippen LogP contribution is 2.51. The van der Waals surface area contributed by atoms with E-state index < -0.39 is 40.5 Å². The van der Waals surface area contributed by atoms with Gasteiger partial charge in [0.05, 0.1) is 0 Å². The van der Waals surface area contributed by atoms with E-state index in [1.807, 2.05) is 0 Å². The summed E-state index contributed by atoms with van der Waals surface area (Å²) in [4.78, 5) is 26.3. The summed E-state index contributed by atoms with van der Waals surface area (Å²) in [6.07, 6.45) is -3.53. The van der Waals surface area contributed by atoms with E-state index in [0.29, 0.717) is 44.7 Å². The van der Waals surface area contributed by atoms with Gasteiger partial charge in [0, 0.05) is 24.1 Å². The maximum Gasteiger partial charge on any atom is 0.426 e. The minimum atomic E-state index is -5.08. The van der Waals surface area contributed by atoms with E-state index in [2.05, 4.69) is 10.2 Å². The highest BCUT2D eigenvalue weighted by atomic mass is 19.4. The lowest BCUT2D eigenvalue weighted by Crippen LogP contribution is -2.49. The number of nitrogens with zero attached hydrogens (tertiary/aromatic N) is 2. The van der Waals surface area contributed by atoms with E-state index in [4.69, 9.17) is 5.11 Å². The molecule has 0 radical (unpaired) electrons. The normalized spacial score (nSPS) is 22.5. The summed E-state index contributed by atoms with van der Waals surface area (Å²) in [5, 5.41) is 15.3. The molecule has 1 aliphatic heterocycles. The van der Waals surface area contributed by atoms with Crippen molar-refractivity contribution < 1.29 is 36.6 Å². The molecule has 1 amide bonds. The number of hydrogen-bond donors (Lipinski definition) is 2. The maximum atomic E-state index is 14.8. The van der Waals surface area contributed by atoms with Gasteiger partial charge in [-0.15, -0.1) is 0 Å². The molecule has 0 saturated carbocycles. The van der Waals surface area contributed by atoms with Gasteiger partial charge in [0.1, 0.15) is 11.5 Å². The molecule has 1 aromatic heterocycles. The molecule has 200 valence electrons. The minimum Gasteiger partial charge on any atom is -0.476 e. The van der Waals surface area contributed by atoms with E-state index in [9.17, 15) is 31.5 Å². The second-order valence-corrected chi connectivity index (χ2v) is 10.1. The number of benzene rings is 2. The Morgan fingerprint density at radius 3 is 2.47 bits per heavy atom. The molecule has 1 fully saturated rings. The maximum absolute atomic E-state index is 14.8. The Bertz CT molecular complexity index is 1400. The van der Waals surface area contributed by atoms with Crippen LogP contribution < -0.4 is 0 Å². The predicted molar refractivity (Wildman–Crippen MR) is 126 cm³/mol. The highest BCUT2D eigenvalue weighted by Gasteiger charge is 2.55. The molecule has 1 saturated heterocycles. The summed E-state index contributed by atoms with van der Waals surface area (Å²) in [5.41, 5.74) is -2.93. The van der Waals surface area contributed by atoms with Gasteiger partial charge in [0.2, 0.25) is 5.67 Å². The van der Waals surface area contributed by atoms with Gasteiger partial charge in [-0.1, -0.05) is 30.3 Å². The zero-order chi connectivity index (χ0) is 27.5. The molecule has 38 heavy (non-hydrogen) atoms. The van der Waals surface area contributed by atoms with Crippen molar-refractivity contribution in [2.75, 3.05) is 6.54 Å². The van der Waals surface area contributed by atoms with E-state index in [-0.39, 0.29) is 17.4 Å². The van der Waals surface area contributed by atoms with Crippen LogP contribution in [0.15, 0.2) is 48.5 Å². The van der Waals surface area contributed by atoms with Crippen molar-refractivity contribution in [3.63, 3.8) is 0 Å². The number of halogens is 5. The number of nitrogens with one attached hydrogen (secondary N) is 1. The lowest BCUT2D eigenvalue weighted by Gasteiger charge is -2.44. The third-order valence-corrected chi connectivity index (χ3v) is 7.94. The first-order valence-electron chi connectivity index (χ1n) is 12.1. The second-order valence-electron chi connectivity index (χ2n) is 10.1. The van der Waals surface area contributed by atoms with Crippen molar-refractivity contribution in [3.05, 3.63) is 88.0 Å². The fourth-order valence-corrected chi connectivity index (χ4v) is 5.93. The molecule has 2 heterocycles. The van der Waals surface area contributed by atoms with Crippen LogP contribution in [0.1, 0.15) is 63.0 Å². The van der Waals surface area contributed by atoms with E-state index >= 15 is 0 Å². The van der Waals surface area contributed by atoms with Crippen molar-refractivity contribution in [3.8, 4) is 0 Å². The second kappa shape index (κ2) is 8.92. The molecule has 5 rings (SSSR count). The summed E-state index contributed by atoms with van der Waals surface area (Å²) in [6, 6.07) is 10.6. The third-order valence-electron chi connectivity index (χ3n) is 7.94. The van der Waals surface area contributed by atoms with Gasteiger partial charge in [0.15, 0.2) is 5.69 Å². The number of H-pyrrole nitrogens is 1. The number of hydrogen-bond acceptors (Lipinski definition) is 3. The van der Waals surface area contributed by atoms with Crippen molar-refractivity contribution in [2.45, 2.75) is 55.9 Å². The molecule has 3 aromatic rings. The molecule has 1 unspecified atom stereocenters. The minimum absolute atomic E-state index is 0.0134. The average molecular weight is 533 g/mol. The van der Waals surface area contributed by atoms with Gasteiger partial charge in [-0.05, 0) is 67.0 Å². The Kier molecular flexibility index (Phi) is 6.07. The van der Waals surface area contributed by atoms with Gasteiger partial charge in [0.25, 0.3) is 5.91 Å². The quantitative estimate of drug-likeness (QED) is 0.434. The number of carbonyl (C=O) groups excluding carboxylic acids is 1. The number of likely N-dealkylation sites (tertiary alicyclic amines) is 1. The van der Waals surface area contributed by atoms with Gasteiger partial charge >= 0.3 is 12.1 Å². The molecule has 2 N–H and O–H groups in total. The number of aromatic carboxylic acids is 1. The summed E-state index contributed by atoms with van der Waals surface area (Å²) in [7, 11) is 0. The summed E-state index contributed by atoms with van der Waals surface area (Å²) < 4.78 is 68.7.